The fourth-order valence-electron chi connectivity index (χ4n) is 1.71. The third-order valence-electron chi connectivity index (χ3n) is 2.66. The van der Waals surface area contributed by atoms with Crippen LogP contribution in [0.25, 0.3) is 0 Å². The lowest BCUT2D eigenvalue weighted by molar-refractivity contribution is -0.137. The van der Waals surface area contributed by atoms with Gasteiger partial charge in [0.05, 0.1) is 0 Å². The number of carbonyl (C=O) groups is 1. The molecule has 2 nitrogen and oxygen atoms in total. The van der Waals surface area contributed by atoms with Crippen LogP contribution in [0.5, 0.6) is 0 Å². The Hall–Kier alpha value is -0.790. The van der Waals surface area contributed by atoms with Crippen molar-refractivity contribution in [3.63, 3.8) is 0 Å². The van der Waals surface area contributed by atoms with E-state index >= 15 is 0 Å². The summed E-state index contributed by atoms with van der Waals surface area (Å²) in [6, 6.07) is 0. The van der Waals surface area contributed by atoms with Gasteiger partial charge in [0.15, 0.2) is 0 Å². The molecule has 0 saturated carbocycles. The van der Waals surface area contributed by atoms with E-state index in [2.05, 4.69) is 19.1 Å². The van der Waals surface area contributed by atoms with Crippen LogP contribution >= 0.6 is 0 Å². The van der Waals surface area contributed by atoms with Gasteiger partial charge in [0.2, 0.25) is 0 Å². The Morgan fingerprint density at radius 3 is 2.06 bits per heavy atom. The van der Waals surface area contributed by atoms with Gasteiger partial charge in [-0.1, -0.05) is 51.2 Å². The summed E-state index contributed by atoms with van der Waals surface area (Å²) in [6.07, 6.45) is 15.5. The molecule has 0 aliphatic carbocycles. The second-order valence-corrected chi connectivity index (χ2v) is 4.29. The van der Waals surface area contributed by atoms with Crippen molar-refractivity contribution in [2.24, 2.45) is 0 Å². The maximum Gasteiger partial charge on any atom is 0.303 e. The Morgan fingerprint density at radius 1 is 0.938 bits per heavy atom. The summed E-state index contributed by atoms with van der Waals surface area (Å²) in [5.74, 6) is -0.664. The third-order valence-corrected chi connectivity index (χ3v) is 2.66. The lowest BCUT2D eigenvalue weighted by Crippen LogP contribution is -1.93. The van der Waals surface area contributed by atoms with Crippen LogP contribution in [0.3, 0.4) is 0 Å². The number of rotatable bonds is 11. The molecular formula is C14H26O2. The highest BCUT2D eigenvalue weighted by Gasteiger charge is 1.96. The fourth-order valence-corrected chi connectivity index (χ4v) is 1.71. The van der Waals surface area contributed by atoms with E-state index in [1.54, 1.807) is 0 Å². The first-order valence-corrected chi connectivity index (χ1v) is 6.64. The number of hydrogen-bond acceptors (Lipinski definition) is 1. The molecule has 0 aromatic heterocycles. The van der Waals surface area contributed by atoms with E-state index in [0.717, 1.165) is 19.3 Å². The minimum absolute atomic E-state index is 0.335. The first kappa shape index (κ1) is 15.2. The number of hydrogen-bond donors (Lipinski definition) is 1. The molecule has 0 heterocycles. The van der Waals surface area contributed by atoms with Crippen molar-refractivity contribution in [2.75, 3.05) is 0 Å². The predicted octanol–water partition coefficient (Wildman–Crippen LogP) is 4.55. The molecule has 0 aromatic rings. The molecule has 0 fully saturated rings. The normalized spacial score (nSPS) is 11.1. The van der Waals surface area contributed by atoms with E-state index in [-0.39, 0.29) is 0 Å². The van der Waals surface area contributed by atoms with Crippen molar-refractivity contribution in [1.82, 2.24) is 0 Å². The number of unbranched alkanes of at least 4 members (excludes halogenated alkanes) is 7. The Bertz CT molecular complexity index is 185. The van der Waals surface area contributed by atoms with Crippen LogP contribution in [-0.4, -0.2) is 11.1 Å². The molecule has 0 rings (SSSR count). The van der Waals surface area contributed by atoms with Crippen molar-refractivity contribution in [1.29, 1.82) is 0 Å². The molecule has 0 saturated heterocycles. The van der Waals surface area contributed by atoms with Crippen LogP contribution < -0.4 is 0 Å². The van der Waals surface area contributed by atoms with Gasteiger partial charge < -0.3 is 5.11 Å². The second kappa shape index (κ2) is 12.3. The predicted molar refractivity (Wildman–Crippen MR) is 68.6 cm³/mol. The minimum atomic E-state index is -0.664. The van der Waals surface area contributed by atoms with Crippen LogP contribution in [0.4, 0.5) is 0 Å². The minimum Gasteiger partial charge on any atom is -0.481 e. The molecule has 0 bridgehead atoms. The summed E-state index contributed by atoms with van der Waals surface area (Å²) < 4.78 is 0. The van der Waals surface area contributed by atoms with E-state index in [0.29, 0.717) is 6.42 Å². The SMILES string of the molecule is CCC=CCCCCCCCCCC(=O)O. The maximum absolute atomic E-state index is 10.3. The Balaban J connectivity index is 2.98. The van der Waals surface area contributed by atoms with Crippen LogP contribution in [-0.2, 0) is 4.79 Å². The average Bonchev–Trinajstić information content (AvgIpc) is 2.25. The Morgan fingerprint density at radius 2 is 1.50 bits per heavy atom. The quantitative estimate of drug-likeness (QED) is 0.414. The van der Waals surface area contributed by atoms with Crippen LogP contribution in [0.2, 0.25) is 0 Å². The Labute approximate surface area is 99.7 Å². The zero-order chi connectivity index (χ0) is 12.1. The van der Waals surface area contributed by atoms with Gasteiger partial charge in [0, 0.05) is 6.42 Å². The van der Waals surface area contributed by atoms with Gasteiger partial charge in [0.1, 0.15) is 0 Å². The highest BCUT2D eigenvalue weighted by molar-refractivity contribution is 5.66. The highest BCUT2D eigenvalue weighted by atomic mass is 16.4. The van der Waals surface area contributed by atoms with E-state index < -0.39 is 5.97 Å². The van der Waals surface area contributed by atoms with Gasteiger partial charge in [0.25, 0.3) is 0 Å². The molecule has 0 aromatic carbocycles. The van der Waals surface area contributed by atoms with Gasteiger partial charge in [-0.05, 0) is 25.7 Å². The summed E-state index contributed by atoms with van der Waals surface area (Å²) in [6.45, 7) is 2.16. The number of carboxylic acid groups (broad SMARTS) is 1. The number of aliphatic carboxylic acids is 1. The molecule has 0 aliphatic rings. The monoisotopic (exact) mass is 226 g/mol. The number of carboxylic acids is 1. The smallest absolute Gasteiger partial charge is 0.303 e. The standard InChI is InChI=1S/C14H26O2/c1-2-3-4-5-6-7-8-9-10-11-12-13-14(15)16/h3-4H,2,5-13H2,1H3,(H,15,16). The molecule has 0 atom stereocenters. The molecule has 94 valence electrons. The number of allylic oxidation sites excluding steroid dienone is 2. The van der Waals surface area contributed by atoms with E-state index in [4.69, 9.17) is 5.11 Å². The molecular weight excluding hydrogens is 200 g/mol. The molecule has 0 amide bonds. The largest absolute Gasteiger partial charge is 0.481 e. The third kappa shape index (κ3) is 13.2. The summed E-state index contributed by atoms with van der Waals surface area (Å²) in [5.41, 5.74) is 0. The highest BCUT2D eigenvalue weighted by Crippen LogP contribution is 2.09. The summed E-state index contributed by atoms with van der Waals surface area (Å²) in [7, 11) is 0. The van der Waals surface area contributed by atoms with Crippen LogP contribution in [0.15, 0.2) is 12.2 Å². The van der Waals surface area contributed by atoms with E-state index in [9.17, 15) is 4.79 Å². The van der Waals surface area contributed by atoms with Crippen LogP contribution in [0.1, 0.15) is 71.1 Å². The zero-order valence-electron chi connectivity index (χ0n) is 10.6. The Kier molecular flexibility index (Phi) is 11.7. The van der Waals surface area contributed by atoms with E-state index in [1.807, 2.05) is 0 Å². The van der Waals surface area contributed by atoms with Gasteiger partial charge in [-0.25, -0.2) is 0 Å². The lowest BCUT2D eigenvalue weighted by Gasteiger charge is -2.00. The molecule has 0 aliphatic heterocycles. The summed E-state index contributed by atoms with van der Waals surface area (Å²) in [5, 5.41) is 8.45. The van der Waals surface area contributed by atoms with Crippen molar-refractivity contribution < 1.29 is 9.90 Å². The molecule has 0 spiro atoms. The fraction of sp³-hybridized carbons (Fsp3) is 0.786. The van der Waals surface area contributed by atoms with Crippen LogP contribution in [0, 0.1) is 0 Å². The molecule has 16 heavy (non-hydrogen) atoms. The molecule has 0 unspecified atom stereocenters. The second-order valence-electron chi connectivity index (χ2n) is 4.29. The van der Waals surface area contributed by atoms with Crippen molar-refractivity contribution >= 4 is 5.97 Å². The van der Waals surface area contributed by atoms with Gasteiger partial charge >= 0.3 is 5.97 Å². The van der Waals surface area contributed by atoms with E-state index in [1.165, 1.54) is 38.5 Å². The average molecular weight is 226 g/mol. The molecule has 0 radical (unpaired) electrons. The van der Waals surface area contributed by atoms with Gasteiger partial charge in [-0.3, -0.25) is 4.79 Å². The van der Waals surface area contributed by atoms with Crippen molar-refractivity contribution in [3.8, 4) is 0 Å². The van der Waals surface area contributed by atoms with Crippen molar-refractivity contribution in [3.05, 3.63) is 12.2 Å². The maximum atomic E-state index is 10.3. The first-order valence-electron chi connectivity index (χ1n) is 6.64. The lowest BCUT2D eigenvalue weighted by atomic mass is 10.1. The summed E-state index contributed by atoms with van der Waals surface area (Å²) in [4.78, 5) is 10.3. The topological polar surface area (TPSA) is 37.3 Å². The summed E-state index contributed by atoms with van der Waals surface area (Å²) >= 11 is 0. The van der Waals surface area contributed by atoms with Gasteiger partial charge in [-0.2, -0.15) is 0 Å². The molecule has 1 N–H and O–H groups in total. The molecule has 2 heteroatoms. The first-order chi connectivity index (χ1) is 7.77. The van der Waals surface area contributed by atoms with Crippen molar-refractivity contribution in [2.45, 2.75) is 71.1 Å². The zero-order valence-corrected chi connectivity index (χ0v) is 10.6. The van der Waals surface area contributed by atoms with Gasteiger partial charge in [-0.15, -0.1) is 0 Å².